The fourth-order valence-corrected chi connectivity index (χ4v) is 4.98. The summed E-state index contributed by atoms with van der Waals surface area (Å²) in [4.78, 5) is 27.9. The molecule has 1 saturated heterocycles. The molecule has 1 aromatic carbocycles. The van der Waals surface area contributed by atoms with E-state index in [4.69, 9.17) is 28.0 Å². The number of aromatic amines is 1. The van der Waals surface area contributed by atoms with Gasteiger partial charge in [0.15, 0.2) is 11.8 Å². The van der Waals surface area contributed by atoms with Crippen molar-refractivity contribution in [3.8, 4) is 11.1 Å². The Balaban J connectivity index is 1.46. The highest BCUT2D eigenvalue weighted by Gasteiger charge is 2.22. The van der Waals surface area contributed by atoms with E-state index in [1.54, 1.807) is 25.4 Å². The Morgan fingerprint density at radius 3 is 2.74 bits per heavy atom. The van der Waals surface area contributed by atoms with Crippen LogP contribution in [0.1, 0.15) is 37.5 Å². The molecular formula is C23H23Cl2FN6O2. The van der Waals surface area contributed by atoms with Crippen LogP contribution in [0.5, 0.6) is 0 Å². The number of halogens is 3. The zero-order valence-corrected chi connectivity index (χ0v) is 20.1. The molecule has 1 atom stereocenters. The Labute approximate surface area is 204 Å². The third-order valence-electron chi connectivity index (χ3n) is 6.24. The fraction of sp³-hybridized carbons (Fsp3) is 0.348. The van der Waals surface area contributed by atoms with Crippen LogP contribution in [0.25, 0.3) is 22.3 Å². The standard InChI is InChI=1S/C23H23Cl2FN6O2/c1-13(20-17(24)3-4-18(26)21(20)25)34-32-19-9-14(10-27-22(19)29-23(32)33)15-11-28-31(12-15)16-5-7-30(2)8-6-16/h3-4,9-13,16H,5-8H2,1-2H3,(H,27,29,33). The molecule has 0 radical (unpaired) electrons. The van der Waals surface area contributed by atoms with Gasteiger partial charge in [-0.1, -0.05) is 23.2 Å². The molecule has 5 rings (SSSR count). The highest BCUT2D eigenvalue weighted by atomic mass is 35.5. The zero-order valence-electron chi connectivity index (χ0n) is 18.6. The van der Waals surface area contributed by atoms with Crippen LogP contribution in [0.15, 0.2) is 41.6 Å². The molecule has 4 heterocycles. The summed E-state index contributed by atoms with van der Waals surface area (Å²) >= 11 is 12.3. The minimum absolute atomic E-state index is 0.145. The van der Waals surface area contributed by atoms with E-state index < -0.39 is 17.6 Å². The number of pyridine rings is 1. The van der Waals surface area contributed by atoms with Gasteiger partial charge in [-0.25, -0.2) is 14.2 Å². The van der Waals surface area contributed by atoms with Gasteiger partial charge >= 0.3 is 5.69 Å². The summed E-state index contributed by atoms with van der Waals surface area (Å²) < 4.78 is 17.1. The lowest BCUT2D eigenvalue weighted by Gasteiger charge is -2.28. The molecule has 3 aromatic heterocycles. The van der Waals surface area contributed by atoms with Crippen molar-refractivity contribution >= 4 is 34.4 Å². The second-order valence-corrected chi connectivity index (χ2v) is 9.35. The Kier molecular flexibility index (Phi) is 6.09. The van der Waals surface area contributed by atoms with E-state index in [0.717, 1.165) is 41.8 Å². The highest BCUT2D eigenvalue weighted by Crippen LogP contribution is 2.33. The second-order valence-electron chi connectivity index (χ2n) is 8.56. The molecule has 1 unspecified atom stereocenters. The lowest BCUT2D eigenvalue weighted by atomic mass is 10.1. The Morgan fingerprint density at radius 1 is 1.21 bits per heavy atom. The fourth-order valence-electron chi connectivity index (χ4n) is 4.30. The number of H-pyrrole nitrogens is 1. The molecule has 4 aromatic rings. The lowest BCUT2D eigenvalue weighted by molar-refractivity contribution is 0.0492. The zero-order chi connectivity index (χ0) is 24.0. The van der Waals surface area contributed by atoms with E-state index in [2.05, 4.69) is 27.0 Å². The van der Waals surface area contributed by atoms with E-state index in [9.17, 15) is 9.18 Å². The molecule has 0 amide bonds. The minimum Gasteiger partial charge on any atom is -0.401 e. The molecule has 0 spiro atoms. The van der Waals surface area contributed by atoms with E-state index in [-0.39, 0.29) is 15.6 Å². The monoisotopic (exact) mass is 504 g/mol. The van der Waals surface area contributed by atoms with Crippen LogP contribution >= 0.6 is 23.2 Å². The number of nitrogens with one attached hydrogen (secondary N) is 1. The van der Waals surface area contributed by atoms with Gasteiger partial charge < -0.3 is 9.74 Å². The summed E-state index contributed by atoms with van der Waals surface area (Å²) in [6, 6.07) is 4.74. The van der Waals surface area contributed by atoms with Gasteiger partial charge in [0.1, 0.15) is 11.3 Å². The third kappa shape index (κ3) is 4.19. The molecule has 34 heavy (non-hydrogen) atoms. The Hall–Kier alpha value is -2.88. The molecule has 1 fully saturated rings. The summed E-state index contributed by atoms with van der Waals surface area (Å²) in [5.74, 6) is -0.617. The lowest BCUT2D eigenvalue weighted by Crippen LogP contribution is -2.31. The molecule has 0 saturated carbocycles. The van der Waals surface area contributed by atoms with Crippen molar-refractivity contribution in [2.24, 2.45) is 0 Å². The molecule has 1 N–H and O–H groups in total. The average molecular weight is 505 g/mol. The number of benzene rings is 1. The number of nitrogens with zero attached hydrogens (tertiary/aromatic N) is 5. The minimum atomic E-state index is -0.803. The third-order valence-corrected chi connectivity index (χ3v) is 6.96. The molecule has 0 bridgehead atoms. The number of likely N-dealkylation sites (tertiary alicyclic amines) is 1. The van der Waals surface area contributed by atoms with Crippen molar-refractivity contribution in [1.29, 1.82) is 0 Å². The van der Waals surface area contributed by atoms with Gasteiger partial charge in [0.25, 0.3) is 0 Å². The molecule has 8 nitrogen and oxygen atoms in total. The van der Waals surface area contributed by atoms with Gasteiger partial charge in [-0.15, -0.1) is 4.73 Å². The summed E-state index contributed by atoms with van der Waals surface area (Å²) in [5, 5.41) is 4.66. The van der Waals surface area contributed by atoms with Gasteiger partial charge in [0, 0.05) is 34.1 Å². The number of aromatic nitrogens is 5. The normalized spacial score (nSPS) is 16.3. The van der Waals surface area contributed by atoms with Crippen molar-refractivity contribution < 1.29 is 9.23 Å². The first-order valence-electron chi connectivity index (χ1n) is 11.0. The Morgan fingerprint density at radius 2 is 1.97 bits per heavy atom. The number of hydrogen-bond acceptors (Lipinski definition) is 5. The molecule has 1 aliphatic heterocycles. The summed E-state index contributed by atoms with van der Waals surface area (Å²) in [5.41, 5.74) is 2.21. The maximum Gasteiger partial charge on any atom is 0.360 e. The second kappa shape index (κ2) is 9.05. The Bertz CT molecular complexity index is 1410. The maximum absolute atomic E-state index is 14.0. The SMILES string of the molecule is CC(On1c(=O)[nH]c2ncc(-c3cnn(C4CCN(C)CC4)c3)cc21)c1c(Cl)ccc(F)c1Cl. The van der Waals surface area contributed by atoms with Gasteiger partial charge in [-0.3, -0.25) is 9.67 Å². The molecule has 178 valence electrons. The number of hydrogen-bond donors (Lipinski definition) is 1. The van der Waals surface area contributed by atoms with Gasteiger partial charge in [0.2, 0.25) is 0 Å². The van der Waals surface area contributed by atoms with Crippen molar-refractivity contribution in [3.05, 3.63) is 68.7 Å². The van der Waals surface area contributed by atoms with Crippen LogP contribution < -0.4 is 10.5 Å². The van der Waals surface area contributed by atoms with E-state index in [0.29, 0.717) is 17.2 Å². The maximum atomic E-state index is 14.0. The largest absolute Gasteiger partial charge is 0.401 e. The quantitative estimate of drug-likeness (QED) is 0.405. The highest BCUT2D eigenvalue weighted by molar-refractivity contribution is 6.36. The number of piperidine rings is 1. The van der Waals surface area contributed by atoms with Gasteiger partial charge in [-0.2, -0.15) is 5.10 Å². The van der Waals surface area contributed by atoms with Crippen molar-refractivity contribution in [1.82, 2.24) is 29.4 Å². The van der Waals surface area contributed by atoms with Crippen LogP contribution in [0.3, 0.4) is 0 Å². The summed E-state index contributed by atoms with van der Waals surface area (Å²) in [6.45, 7) is 3.72. The van der Waals surface area contributed by atoms with E-state index in [1.807, 2.05) is 10.9 Å². The number of rotatable bonds is 5. The van der Waals surface area contributed by atoms with Crippen molar-refractivity contribution in [2.45, 2.75) is 31.9 Å². The van der Waals surface area contributed by atoms with Crippen LogP contribution in [0.2, 0.25) is 10.0 Å². The number of imidazole rings is 1. The molecule has 1 aliphatic rings. The summed E-state index contributed by atoms with van der Waals surface area (Å²) in [6.07, 6.45) is 6.77. The summed E-state index contributed by atoms with van der Waals surface area (Å²) in [7, 11) is 2.13. The predicted molar refractivity (Wildman–Crippen MR) is 129 cm³/mol. The van der Waals surface area contributed by atoms with Crippen LogP contribution in [0.4, 0.5) is 4.39 Å². The van der Waals surface area contributed by atoms with Crippen LogP contribution in [0, 0.1) is 5.82 Å². The van der Waals surface area contributed by atoms with Crippen LogP contribution in [-0.4, -0.2) is 49.5 Å². The number of fused-ring (bicyclic) bond motifs is 1. The van der Waals surface area contributed by atoms with Crippen molar-refractivity contribution in [3.63, 3.8) is 0 Å². The molecular weight excluding hydrogens is 482 g/mol. The predicted octanol–water partition coefficient (Wildman–Crippen LogP) is 4.49. The topological polar surface area (TPSA) is 81.0 Å². The first-order valence-corrected chi connectivity index (χ1v) is 11.7. The van der Waals surface area contributed by atoms with Crippen molar-refractivity contribution in [2.75, 3.05) is 20.1 Å². The first-order chi connectivity index (χ1) is 16.3. The van der Waals surface area contributed by atoms with Gasteiger partial charge in [-0.05, 0) is 58.1 Å². The first kappa shape index (κ1) is 22.9. The molecule has 11 heteroatoms. The van der Waals surface area contributed by atoms with E-state index >= 15 is 0 Å². The van der Waals surface area contributed by atoms with Crippen LogP contribution in [-0.2, 0) is 0 Å². The van der Waals surface area contributed by atoms with E-state index in [1.165, 1.54) is 12.1 Å². The smallest absolute Gasteiger partial charge is 0.360 e. The van der Waals surface area contributed by atoms with Gasteiger partial charge in [0.05, 0.1) is 17.3 Å². The molecule has 0 aliphatic carbocycles. The average Bonchev–Trinajstić information content (AvgIpc) is 3.42.